The Bertz CT molecular complexity index is 670. The Hall–Kier alpha value is -2.44. The zero-order valence-corrected chi connectivity index (χ0v) is 17.0. The van der Waals surface area contributed by atoms with Crippen LogP contribution in [-0.4, -0.2) is 42.5 Å². The minimum atomic E-state index is -0.646. The van der Waals surface area contributed by atoms with Crippen molar-refractivity contribution in [2.45, 2.75) is 58.4 Å². The molecule has 0 saturated heterocycles. The van der Waals surface area contributed by atoms with Crippen molar-refractivity contribution in [2.24, 2.45) is 5.92 Å². The van der Waals surface area contributed by atoms with Gasteiger partial charge in [0.2, 0.25) is 5.91 Å². The molecule has 29 heavy (non-hydrogen) atoms. The normalized spacial score (nSPS) is 14.3. The first kappa shape index (κ1) is 22.8. The molecule has 2 rings (SSSR count). The molecule has 1 aliphatic carbocycles. The summed E-state index contributed by atoms with van der Waals surface area (Å²) in [4.78, 5) is 37.7. The molecule has 1 fully saturated rings. The van der Waals surface area contributed by atoms with E-state index in [9.17, 15) is 18.8 Å². The molecule has 1 saturated carbocycles. The van der Waals surface area contributed by atoms with Gasteiger partial charge >= 0.3 is 11.9 Å². The highest BCUT2D eigenvalue weighted by Crippen LogP contribution is 2.26. The van der Waals surface area contributed by atoms with Crippen molar-refractivity contribution in [3.8, 4) is 0 Å². The lowest BCUT2D eigenvalue weighted by Gasteiger charge is -2.23. The van der Waals surface area contributed by atoms with Gasteiger partial charge in [-0.05, 0) is 37.0 Å². The Morgan fingerprint density at radius 2 is 1.72 bits per heavy atom. The summed E-state index contributed by atoms with van der Waals surface area (Å²) in [5.74, 6) is -1.48. The molecule has 0 radical (unpaired) electrons. The van der Waals surface area contributed by atoms with Crippen LogP contribution in [0, 0.1) is 11.7 Å². The standard InChI is InChI=1S/C22H30FNO5/c1-2-28-21(26)14-20(25)24(15-18-8-10-19(23)11-9-18)16-22(27)29-13-12-17-6-4-3-5-7-17/h8-11,17H,2-7,12-16H2,1H3. The summed E-state index contributed by atoms with van der Waals surface area (Å²) in [5.41, 5.74) is 0.651. The van der Waals surface area contributed by atoms with Gasteiger partial charge in [-0.15, -0.1) is 0 Å². The first-order chi connectivity index (χ1) is 14.0. The van der Waals surface area contributed by atoms with Crippen molar-refractivity contribution in [1.29, 1.82) is 0 Å². The lowest BCUT2D eigenvalue weighted by Crippen LogP contribution is -2.37. The number of esters is 2. The number of carbonyl (C=O) groups is 3. The van der Waals surface area contributed by atoms with E-state index in [1.807, 2.05) is 0 Å². The van der Waals surface area contributed by atoms with Crippen molar-refractivity contribution in [3.63, 3.8) is 0 Å². The van der Waals surface area contributed by atoms with Crippen LogP contribution >= 0.6 is 0 Å². The Morgan fingerprint density at radius 3 is 2.38 bits per heavy atom. The molecule has 0 aromatic heterocycles. The minimum Gasteiger partial charge on any atom is -0.466 e. The van der Waals surface area contributed by atoms with Crippen molar-refractivity contribution < 1.29 is 28.2 Å². The summed E-state index contributed by atoms with van der Waals surface area (Å²) in [6, 6.07) is 5.64. The van der Waals surface area contributed by atoms with E-state index in [0.29, 0.717) is 18.1 Å². The Labute approximate surface area is 171 Å². The number of hydrogen-bond acceptors (Lipinski definition) is 5. The van der Waals surface area contributed by atoms with Gasteiger partial charge < -0.3 is 14.4 Å². The van der Waals surface area contributed by atoms with Crippen molar-refractivity contribution in [3.05, 3.63) is 35.6 Å². The van der Waals surface area contributed by atoms with Gasteiger partial charge in [0, 0.05) is 6.54 Å². The van der Waals surface area contributed by atoms with E-state index in [2.05, 4.69) is 0 Å². The number of ether oxygens (including phenoxy) is 2. The molecule has 1 aliphatic rings. The van der Waals surface area contributed by atoms with E-state index < -0.39 is 24.3 Å². The highest BCUT2D eigenvalue weighted by atomic mass is 19.1. The third-order valence-corrected chi connectivity index (χ3v) is 5.07. The Kier molecular flexibility index (Phi) is 9.60. The van der Waals surface area contributed by atoms with Crippen LogP contribution < -0.4 is 0 Å². The van der Waals surface area contributed by atoms with Crippen LogP contribution in [0.15, 0.2) is 24.3 Å². The molecular formula is C22H30FNO5. The van der Waals surface area contributed by atoms with Crippen molar-refractivity contribution in [2.75, 3.05) is 19.8 Å². The monoisotopic (exact) mass is 407 g/mol. The second kappa shape index (κ2) is 12.2. The average molecular weight is 407 g/mol. The second-order valence-electron chi connectivity index (χ2n) is 7.37. The lowest BCUT2D eigenvalue weighted by atomic mass is 9.87. The summed E-state index contributed by atoms with van der Waals surface area (Å²) in [6.07, 6.45) is 6.46. The maximum atomic E-state index is 13.1. The highest BCUT2D eigenvalue weighted by Gasteiger charge is 2.22. The maximum Gasteiger partial charge on any atom is 0.325 e. The zero-order valence-electron chi connectivity index (χ0n) is 17.0. The number of nitrogens with zero attached hydrogens (tertiary/aromatic N) is 1. The first-order valence-electron chi connectivity index (χ1n) is 10.3. The number of hydrogen-bond donors (Lipinski definition) is 0. The number of benzene rings is 1. The van der Waals surface area contributed by atoms with Gasteiger partial charge in [0.1, 0.15) is 18.8 Å². The number of halogens is 1. The van der Waals surface area contributed by atoms with E-state index in [1.54, 1.807) is 6.92 Å². The number of carbonyl (C=O) groups excluding carboxylic acids is 3. The molecule has 0 aliphatic heterocycles. The summed E-state index contributed by atoms with van der Waals surface area (Å²) in [6.45, 7) is 1.98. The summed E-state index contributed by atoms with van der Waals surface area (Å²) in [5, 5.41) is 0. The van der Waals surface area contributed by atoms with E-state index in [4.69, 9.17) is 9.47 Å². The first-order valence-corrected chi connectivity index (χ1v) is 10.3. The average Bonchev–Trinajstić information content (AvgIpc) is 2.70. The van der Waals surface area contributed by atoms with Gasteiger partial charge in [0.25, 0.3) is 0 Å². The zero-order chi connectivity index (χ0) is 21.1. The molecule has 1 amide bonds. The van der Waals surface area contributed by atoms with Gasteiger partial charge in [0.05, 0.1) is 13.2 Å². The highest BCUT2D eigenvalue weighted by molar-refractivity contribution is 5.95. The molecule has 0 bridgehead atoms. The largest absolute Gasteiger partial charge is 0.466 e. The number of amides is 1. The summed E-state index contributed by atoms with van der Waals surface area (Å²) in [7, 11) is 0. The quantitative estimate of drug-likeness (QED) is 0.438. The summed E-state index contributed by atoms with van der Waals surface area (Å²) >= 11 is 0. The molecule has 0 heterocycles. The fourth-order valence-corrected chi connectivity index (χ4v) is 3.51. The molecule has 0 N–H and O–H groups in total. The van der Waals surface area contributed by atoms with Gasteiger partial charge in [-0.1, -0.05) is 44.2 Å². The Balaban J connectivity index is 1.90. The molecule has 7 heteroatoms. The second-order valence-corrected chi connectivity index (χ2v) is 7.37. The molecule has 6 nitrogen and oxygen atoms in total. The van der Waals surface area contributed by atoms with Gasteiger partial charge in [-0.25, -0.2) is 4.39 Å². The van der Waals surface area contributed by atoms with E-state index >= 15 is 0 Å². The molecule has 0 unspecified atom stereocenters. The van der Waals surface area contributed by atoms with Crippen molar-refractivity contribution >= 4 is 17.8 Å². The van der Waals surface area contributed by atoms with Crippen LogP contribution in [0.4, 0.5) is 4.39 Å². The van der Waals surface area contributed by atoms with Crippen LogP contribution in [-0.2, 0) is 30.4 Å². The van der Waals surface area contributed by atoms with E-state index in [-0.39, 0.29) is 25.5 Å². The molecule has 1 aromatic rings. The van der Waals surface area contributed by atoms with Crippen LogP contribution in [0.1, 0.15) is 57.4 Å². The van der Waals surface area contributed by atoms with Crippen molar-refractivity contribution in [1.82, 2.24) is 4.90 Å². The molecule has 160 valence electrons. The molecular weight excluding hydrogens is 377 g/mol. The van der Waals surface area contributed by atoms with Crippen LogP contribution in [0.25, 0.3) is 0 Å². The smallest absolute Gasteiger partial charge is 0.325 e. The SMILES string of the molecule is CCOC(=O)CC(=O)N(CC(=O)OCCC1CCCCC1)Cc1ccc(F)cc1. The third kappa shape index (κ3) is 8.62. The molecule has 0 spiro atoms. The lowest BCUT2D eigenvalue weighted by molar-refractivity contribution is -0.154. The topological polar surface area (TPSA) is 72.9 Å². The third-order valence-electron chi connectivity index (χ3n) is 5.07. The Morgan fingerprint density at radius 1 is 1.03 bits per heavy atom. The van der Waals surface area contributed by atoms with E-state index in [0.717, 1.165) is 6.42 Å². The predicted octanol–water partition coefficient (Wildman–Crippen LogP) is 3.62. The fraction of sp³-hybridized carbons (Fsp3) is 0.591. The predicted molar refractivity (Wildman–Crippen MR) is 105 cm³/mol. The minimum absolute atomic E-state index is 0.0796. The van der Waals surface area contributed by atoms with Crippen LogP contribution in [0.2, 0.25) is 0 Å². The molecule has 1 aromatic carbocycles. The van der Waals surface area contributed by atoms with Gasteiger partial charge in [0.15, 0.2) is 0 Å². The van der Waals surface area contributed by atoms with Crippen LogP contribution in [0.3, 0.4) is 0 Å². The fourth-order valence-electron chi connectivity index (χ4n) is 3.51. The molecule has 0 atom stereocenters. The van der Waals surface area contributed by atoms with Crippen LogP contribution in [0.5, 0.6) is 0 Å². The van der Waals surface area contributed by atoms with Gasteiger partial charge in [-0.3, -0.25) is 14.4 Å². The number of rotatable bonds is 10. The summed E-state index contributed by atoms with van der Waals surface area (Å²) < 4.78 is 23.3. The van der Waals surface area contributed by atoms with Gasteiger partial charge in [-0.2, -0.15) is 0 Å². The maximum absolute atomic E-state index is 13.1. The van der Waals surface area contributed by atoms with E-state index in [1.165, 1.54) is 61.3 Å².